The molecule has 1 heterocycles. The van der Waals surface area contributed by atoms with Crippen LogP contribution in [0.3, 0.4) is 0 Å². The van der Waals surface area contributed by atoms with Gasteiger partial charge in [0.25, 0.3) is 0 Å². The van der Waals surface area contributed by atoms with Gasteiger partial charge in [-0.1, -0.05) is 37.3 Å². The molecule has 0 spiro atoms. The normalized spacial score (nSPS) is 18.0. The zero-order chi connectivity index (χ0) is 12.4. The van der Waals surface area contributed by atoms with Crippen LogP contribution < -0.4 is 0 Å². The summed E-state index contributed by atoms with van der Waals surface area (Å²) in [5, 5.41) is 13.7. The highest BCUT2D eigenvalue weighted by molar-refractivity contribution is 6.32. The van der Waals surface area contributed by atoms with Crippen molar-refractivity contribution in [3.05, 3.63) is 16.4 Å². The Morgan fingerprint density at radius 3 is 2.41 bits per heavy atom. The summed E-state index contributed by atoms with van der Waals surface area (Å²) in [6.07, 6.45) is 6.92. The van der Waals surface area contributed by atoms with Crippen molar-refractivity contribution in [3.63, 3.8) is 0 Å². The molecule has 0 aliphatic heterocycles. The molecule has 0 amide bonds. The first-order valence-electron chi connectivity index (χ1n) is 6.09. The smallest absolute Gasteiger partial charge is 0.340 e. The van der Waals surface area contributed by atoms with Gasteiger partial charge in [0.15, 0.2) is 0 Å². The maximum atomic E-state index is 11.1. The SMILES string of the molecule is Cc1nn(C2CCCCCC2)c(Cl)c1C(=O)O. The molecule has 17 heavy (non-hydrogen) atoms. The van der Waals surface area contributed by atoms with Gasteiger partial charge in [0, 0.05) is 0 Å². The van der Waals surface area contributed by atoms with Crippen LogP contribution in [0.25, 0.3) is 0 Å². The molecule has 0 radical (unpaired) electrons. The lowest BCUT2D eigenvalue weighted by Gasteiger charge is -2.15. The van der Waals surface area contributed by atoms with Gasteiger partial charge in [0.05, 0.1) is 11.7 Å². The number of carboxylic acids is 1. The summed E-state index contributed by atoms with van der Waals surface area (Å²) >= 11 is 6.13. The molecule has 1 aliphatic rings. The highest BCUT2D eigenvalue weighted by Gasteiger charge is 2.24. The Morgan fingerprint density at radius 2 is 1.94 bits per heavy atom. The molecule has 1 N–H and O–H groups in total. The lowest BCUT2D eigenvalue weighted by Crippen LogP contribution is -2.10. The molecule has 5 heteroatoms. The number of aromatic nitrogens is 2. The van der Waals surface area contributed by atoms with Crippen LogP contribution in [-0.2, 0) is 0 Å². The number of hydrogen-bond donors (Lipinski definition) is 1. The molecular weight excluding hydrogens is 240 g/mol. The summed E-state index contributed by atoms with van der Waals surface area (Å²) in [5.74, 6) is -0.993. The summed E-state index contributed by atoms with van der Waals surface area (Å²) in [6.45, 7) is 1.70. The van der Waals surface area contributed by atoms with Gasteiger partial charge >= 0.3 is 5.97 Å². The van der Waals surface area contributed by atoms with Gasteiger partial charge in [-0.2, -0.15) is 5.10 Å². The first kappa shape index (κ1) is 12.4. The number of rotatable bonds is 2. The van der Waals surface area contributed by atoms with Crippen molar-refractivity contribution in [3.8, 4) is 0 Å². The quantitative estimate of drug-likeness (QED) is 0.825. The molecule has 0 aromatic carbocycles. The maximum absolute atomic E-state index is 11.1. The van der Waals surface area contributed by atoms with Crippen LogP contribution in [0, 0.1) is 6.92 Å². The average Bonchev–Trinajstić information content (AvgIpc) is 2.48. The summed E-state index contributed by atoms with van der Waals surface area (Å²) in [4.78, 5) is 11.1. The largest absolute Gasteiger partial charge is 0.478 e. The van der Waals surface area contributed by atoms with Gasteiger partial charge in [0.1, 0.15) is 10.7 Å². The second-order valence-electron chi connectivity index (χ2n) is 4.65. The minimum absolute atomic E-state index is 0.149. The van der Waals surface area contributed by atoms with Crippen LogP contribution in [0.5, 0.6) is 0 Å². The third-order valence-corrected chi connectivity index (χ3v) is 3.77. The van der Waals surface area contributed by atoms with Gasteiger partial charge in [-0.15, -0.1) is 0 Å². The van der Waals surface area contributed by atoms with Crippen LogP contribution in [0.1, 0.15) is 60.6 Å². The molecular formula is C12H17ClN2O2. The maximum Gasteiger partial charge on any atom is 0.340 e. The first-order chi connectivity index (χ1) is 8.11. The number of aromatic carboxylic acids is 1. The molecule has 1 aliphatic carbocycles. The van der Waals surface area contributed by atoms with E-state index in [4.69, 9.17) is 16.7 Å². The van der Waals surface area contributed by atoms with Gasteiger partial charge < -0.3 is 5.11 Å². The van der Waals surface area contributed by atoms with Crippen molar-refractivity contribution in [1.29, 1.82) is 0 Å². The average molecular weight is 257 g/mol. The third-order valence-electron chi connectivity index (χ3n) is 3.41. The molecule has 94 valence electrons. The van der Waals surface area contributed by atoms with Crippen LogP contribution in [0.4, 0.5) is 0 Å². The molecule has 1 fully saturated rings. The van der Waals surface area contributed by atoms with Gasteiger partial charge in [-0.05, 0) is 19.8 Å². The molecule has 0 atom stereocenters. The lowest BCUT2D eigenvalue weighted by molar-refractivity contribution is 0.0696. The Balaban J connectivity index is 2.31. The Kier molecular flexibility index (Phi) is 3.72. The standard InChI is InChI=1S/C12H17ClN2O2/c1-8-10(12(16)17)11(13)15(14-8)9-6-4-2-3-5-7-9/h9H,2-7H2,1H3,(H,16,17). The summed E-state index contributed by atoms with van der Waals surface area (Å²) < 4.78 is 1.71. The van der Waals surface area contributed by atoms with Crippen molar-refractivity contribution in [2.75, 3.05) is 0 Å². The lowest BCUT2D eigenvalue weighted by atomic mass is 10.1. The number of aryl methyl sites for hydroxylation is 1. The van der Waals surface area contributed by atoms with Crippen LogP contribution in [-0.4, -0.2) is 20.9 Å². The second kappa shape index (κ2) is 5.08. The van der Waals surface area contributed by atoms with Crippen LogP contribution in [0.2, 0.25) is 5.15 Å². The molecule has 0 bridgehead atoms. The van der Waals surface area contributed by atoms with E-state index in [1.54, 1.807) is 11.6 Å². The van der Waals surface area contributed by atoms with Crippen LogP contribution >= 0.6 is 11.6 Å². The number of hydrogen-bond acceptors (Lipinski definition) is 2. The van der Waals surface area contributed by atoms with E-state index < -0.39 is 5.97 Å². The fourth-order valence-electron chi connectivity index (χ4n) is 2.51. The van der Waals surface area contributed by atoms with E-state index in [2.05, 4.69) is 5.10 Å². The number of nitrogens with zero attached hydrogens (tertiary/aromatic N) is 2. The Hall–Kier alpha value is -1.03. The first-order valence-corrected chi connectivity index (χ1v) is 6.47. The molecule has 0 saturated heterocycles. The highest BCUT2D eigenvalue weighted by atomic mass is 35.5. The van der Waals surface area contributed by atoms with Crippen molar-refractivity contribution in [2.45, 2.75) is 51.5 Å². The summed E-state index contributed by atoms with van der Waals surface area (Å²) in [7, 11) is 0. The minimum Gasteiger partial charge on any atom is -0.478 e. The van der Waals surface area contributed by atoms with E-state index in [0.717, 1.165) is 12.8 Å². The molecule has 1 aromatic rings. The van der Waals surface area contributed by atoms with Crippen molar-refractivity contribution < 1.29 is 9.90 Å². The Morgan fingerprint density at radius 1 is 1.35 bits per heavy atom. The molecule has 1 saturated carbocycles. The zero-order valence-corrected chi connectivity index (χ0v) is 10.7. The zero-order valence-electron chi connectivity index (χ0n) is 9.95. The number of carbonyl (C=O) groups is 1. The van der Waals surface area contributed by atoms with Gasteiger partial charge in [-0.3, -0.25) is 0 Å². The predicted octanol–water partition coefficient (Wildman–Crippen LogP) is 3.44. The Labute approximate surface area is 106 Å². The monoisotopic (exact) mass is 256 g/mol. The van der Waals surface area contributed by atoms with Gasteiger partial charge in [0.2, 0.25) is 0 Å². The predicted molar refractivity (Wildman–Crippen MR) is 65.7 cm³/mol. The van der Waals surface area contributed by atoms with E-state index in [1.807, 2.05) is 0 Å². The summed E-state index contributed by atoms with van der Waals surface area (Å²) in [5.41, 5.74) is 0.655. The van der Waals surface area contributed by atoms with Crippen molar-refractivity contribution in [1.82, 2.24) is 9.78 Å². The summed E-state index contributed by atoms with van der Waals surface area (Å²) in [6, 6.07) is 0.261. The highest BCUT2D eigenvalue weighted by Crippen LogP contribution is 2.31. The van der Waals surface area contributed by atoms with E-state index in [-0.39, 0.29) is 16.8 Å². The molecule has 1 aromatic heterocycles. The molecule has 4 nitrogen and oxygen atoms in total. The van der Waals surface area contributed by atoms with E-state index in [9.17, 15) is 4.79 Å². The molecule has 0 unspecified atom stereocenters. The van der Waals surface area contributed by atoms with E-state index >= 15 is 0 Å². The third kappa shape index (κ3) is 2.46. The Bertz CT molecular complexity index is 420. The minimum atomic E-state index is -0.993. The van der Waals surface area contributed by atoms with E-state index in [0.29, 0.717) is 5.69 Å². The van der Waals surface area contributed by atoms with Crippen molar-refractivity contribution in [2.24, 2.45) is 0 Å². The number of carboxylic acid groups (broad SMARTS) is 1. The number of halogens is 1. The van der Waals surface area contributed by atoms with Crippen LogP contribution in [0.15, 0.2) is 0 Å². The second-order valence-corrected chi connectivity index (χ2v) is 5.00. The van der Waals surface area contributed by atoms with Gasteiger partial charge in [-0.25, -0.2) is 9.48 Å². The fraction of sp³-hybridized carbons (Fsp3) is 0.667. The topological polar surface area (TPSA) is 55.1 Å². The van der Waals surface area contributed by atoms with Crippen molar-refractivity contribution >= 4 is 17.6 Å². The van der Waals surface area contributed by atoms with E-state index in [1.165, 1.54) is 25.7 Å². The fourth-order valence-corrected chi connectivity index (χ4v) is 2.90. The molecule has 2 rings (SSSR count).